The van der Waals surface area contributed by atoms with Gasteiger partial charge in [-0.25, -0.2) is 8.42 Å². The van der Waals surface area contributed by atoms with Crippen molar-refractivity contribution in [3.8, 4) is 5.75 Å². The molecule has 0 aliphatic heterocycles. The molecule has 1 rings (SSSR count). The molecule has 1 atom stereocenters. The Hall–Kier alpha value is -0.740. The molecule has 0 amide bonds. The SMILES string of the molecule is CCC(C)COc1ccc(S(=O)(=O)Cl)c(C)c1C. The number of benzene rings is 1. The smallest absolute Gasteiger partial charge is 0.261 e. The molecule has 3 nitrogen and oxygen atoms in total. The highest BCUT2D eigenvalue weighted by molar-refractivity contribution is 8.13. The van der Waals surface area contributed by atoms with E-state index >= 15 is 0 Å². The second-order valence-corrected chi connectivity index (χ2v) is 7.11. The van der Waals surface area contributed by atoms with Crippen LogP contribution in [0.5, 0.6) is 5.75 Å². The first kappa shape index (κ1) is 15.3. The third kappa shape index (κ3) is 3.62. The van der Waals surface area contributed by atoms with Gasteiger partial charge in [0.25, 0.3) is 9.05 Å². The Labute approximate surface area is 114 Å². The summed E-state index contributed by atoms with van der Waals surface area (Å²) in [7, 11) is 1.68. The number of ether oxygens (including phenoxy) is 1. The van der Waals surface area contributed by atoms with Crippen molar-refractivity contribution in [2.75, 3.05) is 6.61 Å². The van der Waals surface area contributed by atoms with Crippen LogP contribution in [0, 0.1) is 19.8 Å². The monoisotopic (exact) mass is 290 g/mol. The Balaban J connectivity index is 3.02. The highest BCUT2D eigenvalue weighted by atomic mass is 35.7. The van der Waals surface area contributed by atoms with E-state index in [1.807, 2.05) is 6.92 Å². The van der Waals surface area contributed by atoms with Crippen LogP contribution in [0.4, 0.5) is 0 Å². The zero-order valence-electron chi connectivity index (χ0n) is 11.2. The maximum absolute atomic E-state index is 11.4. The minimum Gasteiger partial charge on any atom is -0.493 e. The lowest BCUT2D eigenvalue weighted by molar-refractivity contribution is 0.255. The summed E-state index contributed by atoms with van der Waals surface area (Å²) in [6.07, 6.45) is 1.05. The molecule has 0 bridgehead atoms. The fraction of sp³-hybridized carbons (Fsp3) is 0.538. The van der Waals surface area contributed by atoms with Gasteiger partial charge >= 0.3 is 0 Å². The number of halogens is 1. The molecule has 0 radical (unpaired) electrons. The lowest BCUT2D eigenvalue weighted by atomic mass is 10.1. The first-order valence-corrected chi connectivity index (χ1v) is 8.26. The minimum atomic E-state index is -3.69. The van der Waals surface area contributed by atoms with Gasteiger partial charge < -0.3 is 4.74 Å². The molecule has 1 aromatic carbocycles. The average molecular weight is 291 g/mol. The van der Waals surface area contributed by atoms with Gasteiger partial charge in [0.05, 0.1) is 11.5 Å². The lowest BCUT2D eigenvalue weighted by Gasteiger charge is -2.15. The Morgan fingerprint density at radius 1 is 1.28 bits per heavy atom. The van der Waals surface area contributed by atoms with Crippen molar-refractivity contribution >= 4 is 19.7 Å². The van der Waals surface area contributed by atoms with Gasteiger partial charge in [-0.15, -0.1) is 0 Å². The van der Waals surface area contributed by atoms with Gasteiger partial charge in [0, 0.05) is 10.7 Å². The van der Waals surface area contributed by atoms with E-state index in [-0.39, 0.29) is 4.90 Å². The van der Waals surface area contributed by atoms with Crippen molar-refractivity contribution < 1.29 is 13.2 Å². The van der Waals surface area contributed by atoms with Crippen molar-refractivity contribution in [2.24, 2.45) is 5.92 Å². The third-order valence-electron chi connectivity index (χ3n) is 3.17. The maximum Gasteiger partial charge on any atom is 0.261 e. The molecule has 0 saturated carbocycles. The Morgan fingerprint density at radius 3 is 2.39 bits per heavy atom. The second-order valence-electron chi connectivity index (χ2n) is 4.57. The Morgan fingerprint density at radius 2 is 1.89 bits per heavy atom. The van der Waals surface area contributed by atoms with E-state index < -0.39 is 9.05 Å². The van der Waals surface area contributed by atoms with Gasteiger partial charge in [0.2, 0.25) is 0 Å². The van der Waals surface area contributed by atoms with Crippen LogP contribution < -0.4 is 4.74 Å². The molecule has 0 aromatic heterocycles. The molecule has 0 fully saturated rings. The van der Waals surface area contributed by atoms with E-state index in [1.54, 1.807) is 13.0 Å². The van der Waals surface area contributed by atoms with E-state index in [0.717, 1.165) is 17.7 Å². The molecule has 0 spiro atoms. The zero-order chi connectivity index (χ0) is 13.9. The Bertz CT molecular complexity index is 523. The predicted octanol–water partition coefficient (Wildman–Crippen LogP) is 3.66. The quantitative estimate of drug-likeness (QED) is 0.777. The minimum absolute atomic E-state index is 0.151. The summed E-state index contributed by atoms with van der Waals surface area (Å²) < 4.78 is 28.4. The van der Waals surface area contributed by atoms with Gasteiger partial charge in [-0.2, -0.15) is 0 Å². The van der Waals surface area contributed by atoms with Gasteiger partial charge in [0.1, 0.15) is 5.75 Å². The van der Waals surface area contributed by atoms with Crippen LogP contribution in [0.15, 0.2) is 17.0 Å². The predicted molar refractivity (Wildman–Crippen MR) is 73.9 cm³/mol. The summed E-state index contributed by atoms with van der Waals surface area (Å²) in [6.45, 7) is 8.42. The Kier molecular flexibility index (Phi) is 5.05. The summed E-state index contributed by atoms with van der Waals surface area (Å²) in [5.41, 5.74) is 1.46. The van der Waals surface area contributed by atoms with Crippen LogP contribution >= 0.6 is 10.7 Å². The molecular formula is C13H19ClO3S. The molecule has 1 aromatic rings. The lowest BCUT2D eigenvalue weighted by Crippen LogP contribution is -2.09. The molecule has 0 aliphatic carbocycles. The highest BCUT2D eigenvalue weighted by Gasteiger charge is 2.17. The van der Waals surface area contributed by atoms with E-state index in [0.29, 0.717) is 18.1 Å². The van der Waals surface area contributed by atoms with E-state index in [9.17, 15) is 8.42 Å². The summed E-state index contributed by atoms with van der Waals surface area (Å²) in [6, 6.07) is 3.16. The summed E-state index contributed by atoms with van der Waals surface area (Å²) >= 11 is 0. The van der Waals surface area contributed by atoms with Gasteiger partial charge in [-0.05, 0) is 43.0 Å². The fourth-order valence-electron chi connectivity index (χ4n) is 1.54. The molecule has 5 heteroatoms. The van der Waals surface area contributed by atoms with Crippen LogP contribution in [-0.4, -0.2) is 15.0 Å². The topological polar surface area (TPSA) is 43.4 Å². The standard InChI is InChI=1S/C13H19ClO3S/c1-5-9(2)8-17-12-6-7-13(18(14,15)16)11(4)10(12)3/h6-7,9H,5,8H2,1-4H3. The van der Waals surface area contributed by atoms with Crippen LogP contribution in [0.1, 0.15) is 31.4 Å². The van der Waals surface area contributed by atoms with Crippen molar-refractivity contribution in [3.05, 3.63) is 23.3 Å². The number of hydrogen-bond donors (Lipinski definition) is 0. The molecule has 1 unspecified atom stereocenters. The van der Waals surface area contributed by atoms with Gasteiger partial charge in [-0.3, -0.25) is 0 Å². The van der Waals surface area contributed by atoms with E-state index in [4.69, 9.17) is 15.4 Å². The van der Waals surface area contributed by atoms with Gasteiger partial charge in [-0.1, -0.05) is 20.3 Å². The summed E-state index contributed by atoms with van der Waals surface area (Å²) in [5, 5.41) is 0. The molecular weight excluding hydrogens is 272 g/mol. The van der Waals surface area contributed by atoms with E-state index in [1.165, 1.54) is 6.07 Å². The van der Waals surface area contributed by atoms with Crippen LogP contribution in [0.25, 0.3) is 0 Å². The summed E-state index contributed by atoms with van der Waals surface area (Å²) in [4.78, 5) is 0.151. The average Bonchev–Trinajstić information content (AvgIpc) is 2.28. The summed E-state index contributed by atoms with van der Waals surface area (Å²) in [5.74, 6) is 1.19. The zero-order valence-corrected chi connectivity index (χ0v) is 12.7. The van der Waals surface area contributed by atoms with Crippen LogP contribution in [0.2, 0.25) is 0 Å². The second kappa shape index (κ2) is 5.93. The van der Waals surface area contributed by atoms with Crippen LogP contribution in [0.3, 0.4) is 0 Å². The van der Waals surface area contributed by atoms with Crippen molar-refractivity contribution in [1.29, 1.82) is 0 Å². The van der Waals surface area contributed by atoms with Crippen molar-refractivity contribution in [2.45, 2.75) is 39.0 Å². The first-order chi connectivity index (χ1) is 8.27. The maximum atomic E-state index is 11.4. The molecule has 102 valence electrons. The molecule has 0 heterocycles. The number of hydrogen-bond acceptors (Lipinski definition) is 3. The van der Waals surface area contributed by atoms with E-state index in [2.05, 4.69) is 13.8 Å². The normalized spacial score (nSPS) is 13.4. The van der Waals surface area contributed by atoms with Crippen molar-refractivity contribution in [3.63, 3.8) is 0 Å². The molecule has 0 N–H and O–H groups in total. The third-order valence-corrected chi connectivity index (χ3v) is 4.64. The largest absolute Gasteiger partial charge is 0.493 e. The first-order valence-electron chi connectivity index (χ1n) is 5.95. The molecule has 18 heavy (non-hydrogen) atoms. The highest BCUT2D eigenvalue weighted by Crippen LogP contribution is 2.29. The molecule has 0 aliphatic rings. The van der Waals surface area contributed by atoms with Gasteiger partial charge in [0.15, 0.2) is 0 Å². The molecule has 0 saturated heterocycles. The van der Waals surface area contributed by atoms with Crippen LogP contribution in [-0.2, 0) is 9.05 Å². The fourth-order valence-corrected chi connectivity index (χ4v) is 2.79. The number of rotatable bonds is 5. The van der Waals surface area contributed by atoms with Crippen molar-refractivity contribution in [1.82, 2.24) is 0 Å².